The molecule has 1 unspecified atom stereocenters. The van der Waals surface area contributed by atoms with Crippen molar-refractivity contribution in [3.05, 3.63) is 28.8 Å². The Morgan fingerprint density at radius 1 is 1.36 bits per heavy atom. The minimum absolute atomic E-state index is 0.0134. The fourth-order valence-electron chi connectivity index (χ4n) is 1.87. The van der Waals surface area contributed by atoms with Crippen molar-refractivity contribution in [1.29, 1.82) is 0 Å². The molecule has 0 radical (unpaired) electrons. The number of amides is 1. The predicted molar refractivity (Wildman–Crippen MR) is 85.2 cm³/mol. The molecule has 0 saturated carbocycles. The van der Waals surface area contributed by atoms with Gasteiger partial charge in [-0.25, -0.2) is 4.79 Å². The van der Waals surface area contributed by atoms with Crippen LogP contribution < -0.4 is 10.1 Å². The van der Waals surface area contributed by atoms with E-state index in [4.69, 9.17) is 16.3 Å². The van der Waals surface area contributed by atoms with Crippen LogP contribution >= 0.6 is 11.6 Å². The largest absolute Gasteiger partial charge is 0.495 e. The van der Waals surface area contributed by atoms with Crippen LogP contribution in [0.15, 0.2) is 18.2 Å². The Kier molecular flexibility index (Phi) is 6.23. The highest BCUT2D eigenvalue weighted by atomic mass is 35.5. The SMILES string of the molecule is COc1ccc(C(NC(=O)CCC(C)(C)C)C(=O)O)cc1Cl. The third-order valence-electron chi connectivity index (χ3n) is 3.16. The number of carbonyl (C=O) groups is 2. The summed E-state index contributed by atoms with van der Waals surface area (Å²) >= 11 is 6.01. The van der Waals surface area contributed by atoms with E-state index in [9.17, 15) is 14.7 Å². The number of benzene rings is 1. The molecule has 0 aliphatic carbocycles. The second-order valence-corrected chi connectivity index (χ2v) is 6.70. The van der Waals surface area contributed by atoms with Crippen LogP contribution in [0.4, 0.5) is 0 Å². The molecule has 5 nitrogen and oxygen atoms in total. The second kappa shape index (κ2) is 7.49. The molecule has 122 valence electrons. The van der Waals surface area contributed by atoms with E-state index < -0.39 is 12.0 Å². The van der Waals surface area contributed by atoms with E-state index in [2.05, 4.69) is 5.32 Å². The Morgan fingerprint density at radius 3 is 2.45 bits per heavy atom. The van der Waals surface area contributed by atoms with Crippen molar-refractivity contribution in [1.82, 2.24) is 5.32 Å². The fraction of sp³-hybridized carbons (Fsp3) is 0.500. The van der Waals surface area contributed by atoms with Crippen LogP contribution in [0.3, 0.4) is 0 Å². The van der Waals surface area contributed by atoms with Crippen molar-refractivity contribution in [3.8, 4) is 5.75 Å². The monoisotopic (exact) mass is 327 g/mol. The van der Waals surface area contributed by atoms with Crippen LogP contribution in [0.1, 0.15) is 45.2 Å². The van der Waals surface area contributed by atoms with E-state index in [1.807, 2.05) is 20.8 Å². The summed E-state index contributed by atoms with van der Waals surface area (Å²) in [7, 11) is 1.48. The first-order valence-electron chi connectivity index (χ1n) is 6.99. The summed E-state index contributed by atoms with van der Waals surface area (Å²) in [5, 5.41) is 12.2. The molecule has 1 aromatic rings. The number of methoxy groups -OCH3 is 1. The maximum atomic E-state index is 12.0. The van der Waals surface area contributed by atoms with Gasteiger partial charge in [0.1, 0.15) is 5.75 Å². The van der Waals surface area contributed by atoms with E-state index >= 15 is 0 Å². The second-order valence-electron chi connectivity index (χ2n) is 6.29. The van der Waals surface area contributed by atoms with Crippen LogP contribution in [-0.4, -0.2) is 24.1 Å². The first kappa shape index (κ1) is 18.3. The lowest BCUT2D eigenvalue weighted by Gasteiger charge is -2.19. The molecule has 22 heavy (non-hydrogen) atoms. The van der Waals surface area contributed by atoms with Gasteiger partial charge in [0.05, 0.1) is 12.1 Å². The molecule has 1 amide bonds. The molecule has 0 aliphatic rings. The third kappa shape index (κ3) is 5.56. The quantitative estimate of drug-likeness (QED) is 0.839. The summed E-state index contributed by atoms with van der Waals surface area (Å²) in [4.78, 5) is 23.4. The van der Waals surface area contributed by atoms with Gasteiger partial charge in [-0.05, 0) is 29.5 Å². The summed E-state index contributed by atoms with van der Waals surface area (Å²) in [6.45, 7) is 6.08. The van der Waals surface area contributed by atoms with Gasteiger partial charge < -0.3 is 15.2 Å². The molecule has 2 N–H and O–H groups in total. The molecule has 0 fully saturated rings. The van der Waals surface area contributed by atoms with Crippen molar-refractivity contribution in [3.63, 3.8) is 0 Å². The highest BCUT2D eigenvalue weighted by Gasteiger charge is 2.23. The summed E-state index contributed by atoms with van der Waals surface area (Å²) in [5.74, 6) is -0.978. The lowest BCUT2D eigenvalue weighted by molar-refractivity contribution is -0.142. The van der Waals surface area contributed by atoms with Gasteiger partial charge in [-0.15, -0.1) is 0 Å². The van der Waals surface area contributed by atoms with E-state index in [1.54, 1.807) is 12.1 Å². The summed E-state index contributed by atoms with van der Waals surface area (Å²) < 4.78 is 5.03. The van der Waals surface area contributed by atoms with E-state index in [0.29, 0.717) is 22.8 Å². The Labute approximate surface area is 135 Å². The van der Waals surface area contributed by atoms with Gasteiger partial charge >= 0.3 is 5.97 Å². The van der Waals surface area contributed by atoms with Gasteiger partial charge in [0.25, 0.3) is 0 Å². The Hall–Kier alpha value is -1.75. The van der Waals surface area contributed by atoms with Crippen molar-refractivity contribution in [2.24, 2.45) is 5.41 Å². The number of halogens is 1. The molecule has 0 aliphatic heterocycles. The lowest BCUT2D eigenvalue weighted by Crippen LogP contribution is -2.34. The zero-order chi connectivity index (χ0) is 16.9. The number of carbonyl (C=O) groups excluding carboxylic acids is 1. The molecular formula is C16H22ClNO4. The first-order chi connectivity index (χ1) is 10.1. The number of carboxylic acid groups (broad SMARTS) is 1. The van der Waals surface area contributed by atoms with Crippen LogP contribution in [-0.2, 0) is 9.59 Å². The zero-order valence-electron chi connectivity index (χ0n) is 13.3. The molecule has 0 saturated heterocycles. The normalized spacial score (nSPS) is 12.6. The molecule has 1 aromatic carbocycles. The minimum Gasteiger partial charge on any atom is -0.495 e. The van der Waals surface area contributed by atoms with E-state index in [1.165, 1.54) is 13.2 Å². The predicted octanol–water partition coefficient (Wildman–Crippen LogP) is 3.42. The standard InChI is InChI=1S/C16H22ClNO4/c1-16(2,3)8-7-13(19)18-14(15(20)21)10-5-6-12(22-4)11(17)9-10/h5-6,9,14H,7-8H2,1-4H3,(H,18,19)(H,20,21). The van der Waals surface area contributed by atoms with Crippen molar-refractivity contribution >= 4 is 23.5 Å². The van der Waals surface area contributed by atoms with Gasteiger partial charge in [-0.3, -0.25) is 4.79 Å². The molecule has 6 heteroatoms. The summed E-state index contributed by atoms with van der Waals surface area (Å²) in [5.41, 5.74) is 0.418. The van der Waals surface area contributed by atoms with Crippen LogP contribution in [0.25, 0.3) is 0 Å². The first-order valence-corrected chi connectivity index (χ1v) is 7.37. The number of aliphatic carboxylic acids is 1. The van der Waals surface area contributed by atoms with Crippen LogP contribution in [0.2, 0.25) is 5.02 Å². The lowest BCUT2D eigenvalue weighted by atomic mass is 9.90. The number of nitrogens with one attached hydrogen (secondary N) is 1. The van der Waals surface area contributed by atoms with Crippen molar-refractivity contribution in [2.75, 3.05) is 7.11 Å². The highest BCUT2D eigenvalue weighted by molar-refractivity contribution is 6.32. The van der Waals surface area contributed by atoms with Gasteiger partial charge in [0, 0.05) is 6.42 Å². The van der Waals surface area contributed by atoms with Crippen LogP contribution in [0.5, 0.6) is 5.75 Å². The average Bonchev–Trinajstić information content (AvgIpc) is 2.41. The number of rotatable bonds is 6. The van der Waals surface area contributed by atoms with Gasteiger partial charge in [0.15, 0.2) is 6.04 Å². The molecule has 0 heterocycles. The maximum Gasteiger partial charge on any atom is 0.330 e. The zero-order valence-corrected chi connectivity index (χ0v) is 14.0. The highest BCUT2D eigenvalue weighted by Crippen LogP contribution is 2.28. The molecular weight excluding hydrogens is 306 g/mol. The third-order valence-corrected chi connectivity index (χ3v) is 3.46. The Bertz CT molecular complexity index is 552. The van der Waals surface area contributed by atoms with Crippen molar-refractivity contribution in [2.45, 2.75) is 39.7 Å². The van der Waals surface area contributed by atoms with E-state index in [0.717, 1.165) is 0 Å². The average molecular weight is 328 g/mol. The molecule has 1 atom stereocenters. The molecule has 1 rings (SSSR count). The van der Waals surface area contributed by atoms with Gasteiger partial charge in [0.2, 0.25) is 5.91 Å². The van der Waals surface area contributed by atoms with Gasteiger partial charge in [-0.2, -0.15) is 0 Å². The maximum absolute atomic E-state index is 12.0. The summed E-state index contributed by atoms with van der Waals surface area (Å²) in [6, 6.07) is 3.52. The number of ether oxygens (including phenoxy) is 1. The van der Waals surface area contributed by atoms with Crippen LogP contribution in [0, 0.1) is 5.41 Å². The Balaban J connectivity index is 2.84. The minimum atomic E-state index is -1.13. The van der Waals surface area contributed by atoms with E-state index in [-0.39, 0.29) is 17.7 Å². The molecule has 0 spiro atoms. The summed E-state index contributed by atoms with van der Waals surface area (Å²) in [6.07, 6.45) is 0.950. The fourth-order valence-corrected chi connectivity index (χ4v) is 2.14. The van der Waals surface area contributed by atoms with Gasteiger partial charge in [-0.1, -0.05) is 38.4 Å². The van der Waals surface area contributed by atoms with Crippen molar-refractivity contribution < 1.29 is 19.4 Å². The molecule has 0 bridgehead atoms. The number of hydrogen-bond donors (Lipinski definition) is 2. The topological polar surface area (TPSA) is 75.6 Å². The molecule has 0 aromatic heterocycles. The number of hydrogen-bond acceptors (Lipinski definition) is 3. The number of carboxylic acids is 1. The Morgan fingerprint density at radius 2 is 2.00 bits per heavy atom. The smallest absolute Gasteiger partial charge is 0.330 e.